The summed E-state index contributed by atoms with van der Waals surface area (Å²) in [6.45, 7) is 2.72. The van der Waals surface area contributed by atoms with Gasteiger partial charge in [-0.3, -0.25) is 9.89 Å². The first-order chi connectivity index (χ1) is 17.7. The Labute approximate surface area is 246 Å². The first-order valence-corrected chi connectivity index (χ1v) is 12.9. The number of carboxylic acid groups (broad SMARTS) is 1. The van der Waals surface area contributed by atoms with E-state index in [0.717, 1.165) is 18.5 Å². The molecule has 38 heavy (non-hydrogen) atoms. The molecular formula is C28H24Cl3N3NiO3+. The van der Waals surface area contributed by atoms with Crippen molar-refractivity contribution in [2.75, 3.05) is 6.54 Å². The third-order valence-electron chi connectivity index (χ3n) is 6.17. The molecule has 3 aromatic carbocycles. The van der Waals surface area contributed by atoms with Gasteiger partial charge >= 0.3 is 16.5 Å². The minimum absolute atomic E-state index is 0. The fraction of sp³-hybridized carbons (Fsp3) is 0.250. The summed E-state index contributed by atoms with van der Waals surface area (Å²) in [5.41, 5.74) is 2.82. The van der Waals surface area contributed by atoms with Gasteiger partial charge in [0.1, 0.15) is 0 Å². The minimum atomic E-state index is -1.31. The fourth-order valence-corrected chi connectivity index (χ4v) is 4.79. The summed E-state index contributed by atoms with van der Waals surface area (Å²) in [6, 6.07) is 18.0. The second kappa shape index (κ2) is 13.6. The normalized spacial score (nSPS) is 16.5. The zero-order valence-corrected chi connectivity index (χ0v) is 23.6. The SMILES string of the molecule is C[C@@H](N=C(c1ccccc1)c1cc(Cl)ccc1[N-]C(=O)[C@@H]1CCCN1Cc1ccc(Cl)c(Cl)c1)C(=O)[O-].[Ni+3]. The van der Waals surface area contributed by atoms with Gasteiger partial charge in [-0.05, 0) is 61.7 Å². The Bertz CT molecular complexity index is 1340. The number of rotatable bonds is 8. The largest absolute Gasteiger partial charge is 3.00 e. The van der Waals surface area contributed by atoms with Crippen molar-refractivity contribution in [3.8, 4) is 0 Å². The van der Waals surface area contributed by atoms with E-state index in [1.165, 1.54) is 6.92 Å². The van der Waals surface area contributed by atoms with Crippen molar-refractivity contribution in [3.05, 3.63) is 104 Å². The number of carbonyl (C=O) groups is 2. The number of benzene rings is 3. The first-order valence-electron chi connectivity index (χ1n) is 11.8. The molecule has 1 radical (unpaired) electrons. The second-order valence-electron chi connectivity index (χ2n) is 8.83. The Hall–Kier alpha value is -2.41. The van der Waals surface area contributed by atoms with E-state index < -0.39 is 18.1 Å². The number of aliphatic imine (C=N–C) groups is 1. The van der Waals surface area contributed by atoms with Crippen LogP contribution >= 0.6 is 34.8 Å². The summed E-state index contributed by atoms with van der Waals surface area (Å²) in [6.07, 6.45) is 1.54. The van der Waals surface area contributed by atoms with E-state index >= 15 is 0 Å². The number of hydrogen-bond acceptors (Lipinski definition) is 5. The zero-order valence-electron chi connectivity index (χ0n) is 20.4. The smallest absolute Gasteiger partial charge is 0.625 e. The minimum Gasteiger partial charge on any atom is -0.625 e. The van der Waals surface area contributed by atoms with Crippen LogP contribution in [-0.2, 0) is 32.6 Å². The van der Waals surface area contributed by atoms with Gasteiger partial charge in [-0.1, -0.05) is 77.3 Å². The van der Waals surface area contributed by atoms with Crippen molar-refractivity contribution in [1.29, 1.82) is 0 Å². The average molecular weight is 616 g/mol. The standard InChI is InChI=1S/C28H26Cl3N3O3.Ni/c1-17(28(36)37)32-26(19-6-3-2-4-7-19)21-15-20(29)10-12-24(21)33-27(35)25-8-5-13-34(25)16-18-9-11-22(30)23(31)14-18;/h2-4,6-7,9-12,14-15,17,25H,5,8,13,16H2,1H3,(H2,32,33,35,36,37);/q;+3/p-2/t17-,25+;/m1./s1. The van der Waals surface area contributed by atoms with Gasteiger partial charge in [0.15, 0.2) is 0 Å². The molecule has 0 aromatic heterocycles. The Kier molecular flexibility index (Phi) is 10.8. The van der Waals surface area contributed by atoms with Crippen LogP contribution < -0.4 is 5.11 Å². The van der Waals surface area contributed by atoms with Crippen LogP contribution in [0.3, 0.4) is 0 Å². The molecule has 1 aliphatic heterocycles. The van der Waals surface area contributed by atoms with Crippen LogP contribution in [0.1, 0.15) is 36.5 Å². The maximum Gasteiger partial charge on any atom is 3.00 e. The van der Waals surface area contributed by atoms with Crippen molar-refractivity contribution in [2.45, 2.75) is 38.4 Å². The monoisotopic (exact) mass is 613 g/mol. The molecule has 0 unspecified atom stereocenters. The molecule has 3 aromatic rings. The molecule has 0 bridgehead atoms. The Morgan fingerprint density at radius 3 is 2.47 bits per heavy atom. The zero-order chi connectivity index (χ0) is 26.5. The third-order valence-corrected chi connectivity index (χ3v) is 7.15. The van der Waals surface area contributed by atoms with Crippen molar-refractivity contribution in [3.63, 3.8) is 0 Å². The summed E-state index contributed by atoms with van der Waals surface area (Å²) in [4.78, 5) is 31.4. The summed E-state index contributed by atoms with van der Waals surface area (Å²) in [5.74, 6) is -1.60. The maximum atomic E-state index is 13.4. The van der Waals surface area contributed by atoms with E-state index in [-0.39, 0.29) is 22.4 Å². The second-order valence-corrected chi connectivity index (χ2v) is 10.1. The van der Waals surface area contributed by atoms with E-state index in [0.29, 0.717) is 50.6 Å². The van der Waals surface area contributed by atoms with Gasteiger partial charge in [-0.25, -0.2) is 0 Å². The molecular weight excluding hydrogens is 591 g/mol. The predicted octanol–water partition coefficient (Wildman–Crippen LogP) is 5.82. The molecule has 6 nitrogen and oxygen atoms in total. The molecule has 1 fully saturated rings. The van der Waals surface area contributed by atoms with Crippen LogP contribution in [0.15, 0.2) is 71.7 Å². The van der Waals surface area contributed by atoms with Gasteiger partial charge in [-0.2, -0.15) is 0 Å². The summed E-state index contributed by atoms with van der Waals surface area (Å²) >= 11 is 18.5. The quantitative estimate of drug-likeness (QED) is 0.236. The van der Waals surface area contributed by atoms with E-state index in [1.54, 1.807) is 30.3 Å². The van der Waals surface area contributed by atoms with Crippen LogP contribution in [0.5, 0.6) is 0 Å². The Balaban J connectivity index is 0.00000400. The van der Waals surface area contributed by atoms with Gasteiger partial charge in [0.2, 0.25) is 0 Å². The fourth-order valence-electron chi connectivity index (χ4n) is 4.30. The third kappa shape index (κ3) is 7.37. The average Bonchev–Trinajstić information content (AvgIpc) is 3.34. The number of aliphatic carboxylic acids is 1. The number of likely N-dealkylation sites (tertiary alicyclic amines) is 1. The van der Waals surface area contributed by atoms with Gasteiger partial charge in [0.05, 0.1) is 39.7 Å². The van der Waals surface area contributed by atoms with E-state index in [9.17, 15) is 14.7 Å². The molecule has 1 saturated heterocycles. The number of hydrogen-bond donors (Lipinski definition) is 0. The molecule has 1 aliphatic rings. The maximum absolute atomic E-state index is 13.4. The summed E-state index contributed by atoms with van der Waals surface area (Å²) in [7, 11) is 0. The Morgan fingerprint density at radius 1 is 1.05 bits per heavy atom. The molecule has 1 heterocycles. The molecule has 2 atom stereocenters. The van der Waals surface area contributed by atoms with Crippen molar-refractivity contribution in [1.82, 2.24) is 4.90 Å². The van der Waals surface area contributed by atoms with Crippen LogP contribution in [0.4, 0.5) is 5.69 Å². The molecule has 0 aliphatic carbocycles. The number of carboxylic acids is 1. The van der Waals surface area contributed by atoms with Gasteiger partial charge in [0.25, 0.3) is 0 Å². The van der Waals surface area contributed by atoms with E-state index in [4.69, 9.17) is 34.8 Å². The van der Waals surface area contributed by atoms with Gasteiger partial charge < -0.3 is 20.0 Å². The molecule has 0 saturated carbocycles. The Morgan fingerprint density at radius 2 is 1.79 bits per heavy atom. The van der Waals surface area contributed by atoms with Gasteiger partial charge in [-0.15, -0.1) is 5.69 Å². The van der Waals surface area contributed by atoms with Crippen molar-refractivity contribution in [2.24, 2.45) is 4.99 Å². The first kappa shape index (κ1) is 30.1. The summed E-state index contributed by atoms with van der Waals surface area (Å²) in [5, 5.41) is 17.3. The van der Waals surface area contributed by atoms with Crippen molar-refractivity contribution < 1.29 is 31.2 Å². The molecule has 1 amide bonds. The molecule has 0 N–H and O–H groups in total. The van der Waals surface area contributed by atoms with Crippen LogP contribution in [-0.4, -0.2) is 41.1 Å². The van der Waals surface area contributed by atoms with Crippen molar-refractivity contribution >= 4 is 58.1 Å². The number of nitrogens with zero attached hydrogens (tertiary/aromatic N) is 3. The van der Waals surface area contributed by atoms with E-state index in [1.807, 2.05) is 36.4 Å². The molecule has 199 valence electrons. The summed E-state index contributed by atoms with van der Waals surface area (Å²) < 4.78 is 0. The molecule has 10 heteroatoms. The van der Waals surface area contributed by atoms with Crippen LogP contribution in [0, 0.1) is 0 Å². The van der Waals surface area contributed by atoms with E-state index in [2.05, 4.69) is 15.2 Å². The van der Waals surface area contributed by atoms with Gasteiger partial charge in [0, 0.05) is 17.1 Å². The number of carbonyl (C=O) groups excluding carboxylic acids is 2. The molecule has 0 spiro atoms. The number of halogens is 3. The van der Waals surface area contributed by atoms with Crippen LogP contribution in [0.25, 0.3) is 5.32 Å². The predicted molar refractivity (Wildman–Crippen MR) is 146 cm³/mol. The topological polar surface area (TPSA) is 86.9 Å². The molecule has 4 rings (SSSR count). The van der Waals surface area contributed by atoms with Crippen LogP contribution in [0.2, 0.25) is 15.1 Å². The number of amides is 1.